The molecule has 0 saturated heterocycles. The molecule has 1 heterocycles. The monoisotopic (exact) mass is 403 g/mol. The van der Waals surface area contributed by atoms with Crippen molar-refractivity contribution in [1.29, 1.82) is 0 Å². The van der Waals surface area contributed by atoms with E-state index in [1.165, 1.54) is 24.3 Å². The fraction of sp³-hybridized carbons (Fsp3) is 0.167. The number of benzene rings is 2. The summed E-state index contributed by atoms with van der Waals surface area (Å²) in [7, 11) is 0. The lowest BCUT2D eigenvalue weighted by Gasteiger charge is -2.07. The first-order chi connectivity index (χ1) is 12.6. The van der Waals surface area contributed by atoms with Gasteiger partial charge in [0.05, 0.1) is 28.3 Å². The second-order valence-electron chi connectivity index (χ2n) is 5.60. The van der Waals surface area contributed by atoms with Crippen molar-refractivity contribution in [1.82, 2.24) is 4.98 Å². The van der Waals surface area contributed by atoms with E-state index in [2.05, 4.69) is 4.98 Å². The summed E-state index contributed by atoms with van der Waals surface area (Å²) in [6.07, 6.45) is -8.92. The molecule has 0 radical (unpaired) electrons. The lowest BCUT2D eigenvalue weighted by Crippen LogP contribution is -2.04. The van der Waals surface area contributed by atoms with E-state index in [-0.39, 0.29) is 0 Å². The second-order valence-corrected chi connectivity index (χ2v) is 6.68. The SMILES string of the molecule is OCc1sc(-c2ccc(C(F)(F)F)cc2)nc1-c1ccc(C(F)(F)F)cc1. The van der Waals surface area contributed by atoms with Gasteiger partial charge in [0.25, 0.3) is 0 Å². The smallest absolute Gasteiger partial charge is 0.391 e. The Kier molecular flexibility index (Phi) is 5.00. The van der Waals surface area contributed by atoms with Gasteiger partial charge in [-0.25, -0.2) is 4.98 Å². The van der Waals surface area contributed by atoms with E-state index < -0.39 is 30.1 Å². The number of alkyl halides is 6. The van der Waals surface area contributed by atoms with Crippen molar-refractivity contribution in [3.8, 4) is 21.8 Å². The van der Waals surface area contributed by atoms with E-state index >= 15 is 0 Å². The summed E-state index contributed by atoms with van der Waals surface area (Å²) in [5.74, 6) is 0. The van der Waals surface area contributed by atoms with Crippen molar-refractivity contribution < 1.29 is 31.4 Å². The molecular weight excluding hydrogens is 392 g/mol. The minimum absolute atomic E-state index is 0.297. The van der Waals surface area contributed by atoms with Gasteiger partial charge in [-0.3, -0.25) is 0 Å². The van der Waals surface area contributed by atoms with E-state index in [1.54, 1.807) is 0 Å². The topological polar surface area (TPSA) is 33.1 Å². The number of nitrogens with zero attached hydrogens (tertiary/aromatic N) is 1. The molecule has 0 aliphatic rings. The van der Waals surface area contributed by atoms with Crippen molar-refractivity contribution in [3.63, 3.8) is 0 Å². The molecule has 0 aliphatic heterocycles. The molecule has 0 bridgehead atoms. The number of halogens is 6. The van der Waals surface area contributed by atoms with Crippen LogP contribution in [0.5, 0.6) is 0 Å². The quantitative estimate of drug-likeness (QED) is 0.544. The van der Waals surface area contributed by atoms with E-state index in [0.717, 1.165) is 35.6 Å². The summed E-state index contributed by atoms with van der Waals surface area (Å²) in [4.78, 5) is 4.71. The van der Waals surface area contributed by atoms with Crippen LogP contribution in [0.4, 0.5) is 26.3 Å². The molecule has 0 fully saturated rings. The molecule has 3 aromatic rings. The summed E-state index contributed by atoms with van der Waals surface area (Å²) in [5.41, 5.74) is -0.517. The molecular formula is C18H11F6NOS. The highest BCUT2D eigenvalue weighted by molar-refractivity contribution is 7.15. The molecule has 2 nitrogen and oxygen atoms in total. The highest BCUT2D eigenvalue weighted by Gasteiger charge is 2.31. The van der Waals surface area contributed by atoms with Crippen molar-refractivity contribution in [2.75, 3.05) is 0 Å². The molecule has 1 aromatic heterocycles. The molecule has 0 spiro atoms. The van der Waals surface area contributed by atoms with Crippen molar-refractivity contribution in [2.45, 2.75) is 19.0 Å². The van der Waals surface area contributed by atoms with Gasteiger partial charge in [-0.2, -0.15) is 26.3 Å². The summed E-state index contributed by atoms with van der Waals surface area (Å²) in [6, 6.07) is 8.68. The van der Waals surface area contributed by atoms with Gasteiger partial charge in [-0.1, -0.05) is 24.3 Å². The van der Waals surface area contributed by atoms with Crippen molar-refractivity contribution in [3.05, 3.63) is 64.5 Å². The fourth-order valence-corrected chi connectivity index (χ4v) is 3.38. The Bertz CT molecular complexity index is 926. The largest absolute Gasteiger partial charge is 0.416 e. The van der Waals surface area contributed by atoms with Crippen LogP contribution in [-0.2, 0) is 19.0 Å². The Balaban J connectivity index is 1.96. The lowest BCUT2D eigenvalue weighted by molar-refractivity contribution is -0.138. The van der Waals surface area contributed by atoms with Crippen LogP contribution in [0, 0.1) is 0 Å². The maximum Gasteiger partial charge on any atom is 0.416 e. The van der Waals surface area contributed by atoms with E-state index in [1.807, 2.05) is 0 Å². The molecule has 0 aliphatic carbocycles. The first-order valence-corrected chi connectivity index (χ1v) is 8.37. The Morgan fingerprint density at radius 3 is 1.59 bits per heavy atom. The number of hydrogen-bond acceptors (Lipinski definition) is 3. The molecule has 27 heavy (non-hydrogen) atoms. The van der Waals surface area contributed by atoms with Crippen molar-refractivity contribution in [2.24, 2.45) is 0 Å². The summed E-state index contributed by atoms with van der Waals surface area (Å²) >= 11 is 1.07. The van der Waals surface area contributed by atoms with Crippen LogP contribution in [0.15, 0.2) is 48.5 Å². The van der Waals surface area contributed by atoms with Gasteiger partial charge < -0.3 is 5.11 Å². The van der Waals surface area contributed by atoms with Gasteiger partial charge in [-0.05, 0) is 24.3 Å². The van der Waals surface area contributed by atoms with Crippen LogP contribution < -0.4 is 0 Å². The van der Waals surface area contributed by atoms with Crippen LogP contribution >= 0.6 is 11.3 Å². The van der Waals surface area contributed by atoms with Crippen LogP contribution in [0.25, 0.3) is 21.8 Å². The third-order valence-electron chi connectivity index (χ3n) is 3.79. The van der Waals surface area contributed by atoms with E-state index in [4.69, 9.17) is 0 Å². The number of aliphatic hydroxyl groups is 1. The first-order valence-electron chi connectivity index (χ1n) is 7.55. The Morgan fingerprint density at radius 2 is 1.19 bits per heavy atom. The predicted octanol–water partition coefficient (Wildman–Crippen LogP) is 6.01. The van der Waals surface area contributed by atoms with Crippen LogP contribution in [0.1, 0.15) is 16.0 Å². The van der Waals surface area contributed by atoms with Gasteiger partial charge in [0.15, 0.2) is 0 Å². The average molecular weight is 403 g/mol. The number of hydrogen-bond donors (Lipinski definition) is 1. The first kappa shape index (κ1) is 19.4. The number of aliphatic hydroxyl groups excluding tert-OH is 1. The zero-order valence-corrected chi connectivity index (χ0v) is 14.2. The lowest BCUT2D eigenvalue weighted by atomic mass is 10.1. The highest BCUT2D eigenvalue weighted by atomic mass is 32.1. The normalized spacial score (nSPS) is 12.4. The minimum Gasteiger partial charge on any atom is -0.391 e. The summed E-state index contributed by atoms with van der Waals surface area (Å²) in [6.45, 7) is -0.394. The Labute approximate surface area is 153 Å². The van der Waals surface area contributed by atoms with Crippen LogP contribution in [-0.4, -0.2) is 10.1 Å². The standard InChI is InChI=1S/C18H11F6NOS/c19-17(20,21)12-5-1-10(2-6-12)15-14(9-26)27-16(25-15)11-3-7-13(8-4-11)18(22,23)24/h1-8,26H,9H2. The van der Waals surface area contributed by atoms with Crippen LogP contribution in [0.3, 0.4) is 0 Å². The molecule has 0 amide bonds. The van der Waals surface area contributed by atoms with Crippen molar-refractivity contribution >= 4 is 11.3 Å². The minimum atomic E-state index is -4.47. The third-order valence-corrected chi connectivity index (χ3v) is 4.87. The number of rotatable bonds is 3. The Morgan fingerprint density at radius 1 is 0.741 bits per heavy atom. The van der Waals surface area contributed by atoms with Crippen LogP contribution in [0.2, 0.25) is 0 Å². The maximum absolute atomic E-state index is 12.7. The number of thiazole rings is 1. The Hall–Kier alpha value is -2.39. The summed E-state index contributed by atoms with van der Waals surface area (Å²) in [5, 5.41) is 9.88. The molecule has 3 rings (SSSR count). The fourth-order valence-electron chi connectivity index (χ4n) is 2.43. The zero-order valence-electron chi connectivity index (χ0n) is 13.4. The van der Waals surface area contributed by atoms with Gasteiger partial charge in [0.2, 0.25) is 0 Å². The van der Waals surface area contributed by atoms with Gasteiger partial charge in [-0.15, -0.1) is 11.3 Å². The third kappa shape index (κ3) is 4.14. The summed E-state index contributed by atoms with van der Waals surface area (Å²) < 4.78 is 76.0. The molecule has 0 saturated carbocycles. The number of aromatic nitrogens is 1. The van der Waals surface area contributed by atoms with E-state index in [9.17, 15) is 31.4 Å². The molecule has 0 atom stereocenters. The molecule has 2 aromatic carbocycles. The van der Waals surface area contributed by atoms with Gasteiger partial charge in [0, 0.05) is 11.1 Å². The molecule has 142 valence electrons. The van der Waals surface area contributed by atoms with Gasteiger partial charge in [0.1, 0.15) is 5.01 Å². The average Bonchev–Trinajstić information content (AvgIpc) is 3.05. The molecule has 9 heteroatoms. The highest BCUT2D eigenvalue weighted by Crippen LogP contribution is 2.37. The molecule has 1 N–H and O–H groups in total. The molecule has 0 unspecified atom stereocenters. The zero-order chi connectivity index (χ0) is 19.8. The van der Waals surface area contributed by atoms with E-state index in [0.29, 0.717) is 26.7 Å². The van der Waals surface area contributed by atoms with Gasteiger partial charge >= 0.3 is 12.4 Å². The second kappa shape index (κ2) is 6.97. The predicted molar refractivity (Wildman–Crippen MR) is 88.9 cm³/mol. The maximum atomic E-state index is 12.7.